The van der Waals surface area contributed by atoms with Gasteiger partial charge in [0.05, 0.1) is 25.1 Å². The number of aromatic carboxylic acids is 1. The first-order chi connectivity index (χ1) is 20.9. The Labute approximate surface area is 252 Å². The molecule has 8 nitrogen and oxygen atoms in total. The van der Waals surface area contributed by atoms with Crippen LogP contribution in [0.5, 0.6) is 11.6 Å². The molecule has 4 aromatic rings. The summed E-state index contributed by atoms with van der Waals surface area (Å²) in [5, 5.41) is 13.7. The standard InChI is InChI=1S/C35H39N3O5/c1-22-8-6-10-29(31-11-7-12-32(37-31)38-34(41-3)30(20-36-38)35(39)40)33(22)43-21-26-15-14-25-18-24(13-16-28(25)23(26)2)19-27-9-4-5-17-42-27/h6-8,10-12,14-15,20,24,27H,4-5,9,13,16-19,21H2,1-3H3,(H,39,40)/t24?,27-/m1/s1. The fourth-order valence-electron chi connectivity index (χ4n) is 6.62. The highest BCUT2D eigenvalue weighted by Crippen LogP contribution is 2.36. The number of methoxy groups -OCH3 is 1. The zero-order chi connectivity index (χ0) is 29.9. The van der Waals surface area contributed by atoms with Gasteiger partial charge in [-0.05, 0) is 111 Å². The predicted molar refractivity (Wildman–Crippen MR) is 164 cm³/mol. The molecule has 2 aliphatic rings. The van der Waals surface area contributed by atoms with Crippen molar-refractivity contribution in [2.24, 2.45) is 5.92 Å². The molecule has 0 amide bonds. The van der Waals surface area contributed by atoms with Gasteiger partial charge in [-0.1, -0.05) is 30.3 Å². The maximum atomic E-state index is 11.6. The molecule has 3 heterocycles. The average molecular weight is 582 g/mol. The Kier molecular flexibility index (Phi) is 8.47. The van der Waals surface area contributed by atoms with Gasteiger partial charge in [0, 0.05) is 12.2 Å². The minimum Gasteiger partial charge on any atom is -0.488 e. The normalized spacial score (nSPS) is 18.2. The number of carboxylic acid groups (broad SMARTS) is 1. The van der Waals surface area contributed by atoms with Crippen molar-refractivity contribution in [3.8, 4) is 28.7 Å². The van der Waals surface area contributed by atoms with Crippen LogP contribution in [0, 0.1) is 19.8 Å². The van der Waals surface area contributed by atoms with Crippen molar-refractivity contribution in [2.75, 3.05) is 13.7 Å². The molecule has 0 bridgehead atoms. The number of ether oxygens (including phenoxy) is 3. The van der Waals surface area contributed by atoms with Gasteiger partial charge in [-0.3, -0.25) is 0 Å². The van der Waals surface area contributed by atoms with Crippen molar-refractivity contribution >= 4 is 5.97 Å². The SMILES string of the molecule is COc1c(C(=O)O)cnn1-c1cccc(-c2cccc(C)c2OCc2ccc3c(c2C)CCC(C[C@H]2CCCCO2)C3)n1. The first kappa shape index (κ1) is 28.9. The molecular weight excluding hydrogens is 542 g/mol. The quantitative estimate of drug-likeness (QED) is 0.230. The molecule has 0 saturated carbocycles. The molecule has 8 heteroatoms. The number of rotatable bonds is 9. The number of para-hydroxylation sites is 1. The van der Waals surface area contributed by atoms with Gasteiger partial charge in [-0.15, -0.1) is 0 Å². The van der Waals surface area contributed by atoms with Gasteiger partial charge in [0.2, 0.25) is 5.88 Å². The molecule has 2 atom stereocenters. The van der Waals surface area contributed by atoms with Crippen molar-refractivity contribution in [1.29, 1.82) is 0 Å². The van der Waals surface area contributed by atoms with E-state index < -0.39 is 5.97 Å². The molecule has 1 fully saturated rings. The summed E-state index contributed by atoms with van der Waals surface area (Å²) in [6, 6.07) is 16.1. The lowest BCUT2D eigenvalue weighted by Gasteiger charge is -2.31. The second-order valence-electron chi connectivity index (χ2n) is 11.7. The minimum atomic E-state index is -1.11. The van der Waals surface area contributed by atoms with E-state index in [9.17, 15) is 9.90 Å². The molecule has 0 spiro atoms. The summed E-state index contributed by atoms with van der Waals surface area (Å²) in [7, 11) is 1.42. The van der Waals surface area contributed by atoms with E-state index in [0.717, 1.165) is 36.3 Å². The summed E-state index contributed by atoms with van der Waals surface area (Å²) < 4.78 is 19.3. The number of carbonyl (C=O) groups is 1. The van der Waals surface area contributed by atoms with Gasteiger partial charge >= 0.3 is 5.97 Å². The zero-order valence-corrected chi connectivity index (χ0v) is 25.1. The van der Waals surface area contributed by atoms with Gasteiger partial charge in [0.25, 0.3) is 0 Å². The third-order valence-electron chi connectivity index (χ3n) is 8.95. The summed E-state index contributed by atoms with van der Waals surface area (Å²) in [5.41, 5.74) is 8.03. The molecule has 1 unspecified atom stereocenters. The van der Waals surface area contributed by atoms with Crippen LogP contribution in [0.2, 0.25) is 0 Å². The van der Waals surface area contributed by atoms with Crippen LogP contribution in [0.3, 0.4) is 0 Å². The number of pyridine rings is 1. The van der Waals surface area contributed by atoms with Crippen molar-refractivity contribution in [1.82, 2.24) is 14.8 Å². The summed E-state index contributed by atoms with van der Waals surface area (Å²) in [6.45, 7) is 5.65. The highest BCUT2D eigenvalue weighted by atomic mass is 16.5. The summed E-state index contributed by atoms with van der Waals surface area (Å²) in [4.78, 5) is 16.4. The molecule has 2 aromatic heterocycles. The summed E-state index contributed by atoms with van der Waals surface area (Å²) in [5.74, 6) is 0.935. The zero-order valence-electron chi connectivity index (χ0n) is 25.1. The number of aryl methyl sites for hydroxylation is 1. The average Bonchev–Trinajstić information content (AvgIpc) is 3.47. The number of hydrogen-bond donors (Lipinski definition) is 1. The van der Waals surface area contributed by atoms with E-state index in [0.29, 0.717) is 30.1 Å². The lowest BCUT2D eigenvalue weighted by Crippen LogP contribution is -2.25. The number of nitrogens with zero attached hydrogens (tertiary/aromatic N) is 3. The maximum absolute atomic E-state index is 11.6. The second kappa shape index (κ2) is 12.6. The molecule has 1 N–H and O–H groups in total. The summed E-state index contributed by atoms with van der Waals surface area (Å²) in [6.07, 6.45) is 10.1. The van der Waals surface area contributed by atoms with Crippen LogP contribution in [0.25, 0.3) is 17.1 Å². The van der Waals surface area contributed by atoms with E-state index in [1.54, 1.807) is 6.07 Å². The Morgan fingerprint density at radius 3 is 2.74 bits per heavy atom. The Hall–Kier alpha value is -4.17. The lowest BCUT2D eigenvalue weighted by atomic mass is 9.78. The minimum absolute atomic E-state index is 0.0246. The van der Waals surface area contributed by atoms with E-state index in [4.69, 9.17) is 19.2 Å². The first-order valence-corrected chi connectivity index (χ1v) is 15.2. The van der Waals surface area contributed by atoms with E-state index >= 15 is 0 Å². The molecule has 2 aromatic carbocycles. The second-order valence-corrected chi connectivity index (χ2v) is 11.7. The van der Waals surface area contributed by atoms with Crippen LogP contribution in [0.1, 0.15) is 70.3 Å². The number of fused-ring (bicyclic) bond motifs is 1. The van der Waals surface area contributed by atoms with Crippen molar-refractivity contribution in [3.63, 3.8) is 0 Å². The van der Waals surface area contributed by atoms with Gasteiger partial charge in [-0.2, -0.15) is 9.78 Å². The molecule has 43 heavy (non-hydrogen) atoms. The van der Waals surface area contributed by atoms with E-state index in [-0.39, 0.29) is 11.4 Å². The Morgan fingerprint density at radius 2 is 1.95 bits per heavy atom. The lowest BCUT2D eigenvalue weighted by molar-refractivity contribution is 0.000324. The number of hydrogen-bond acceptors (Lipinski definition) is 6. The van der Waals surface area contributed by atoms with Crippen molar-refractivity contribution in [3.05, 3.63) is 88.1 Å². The third kappa shape index (κ3) is 6.02. The largest absolute Gasteiger partial charge is 0.488 e. The summed E-state index contributed by atoms with van der Waals surface area (Å²) >= 11 is 0. The van der Waals surface area contributed by atoms with Gasteiger partial charge in [0.15, 0.2) is 5.82 Å². The molecule has 1 aliphatic carbocycles. The molecule has 0 radical (unpaired) electrons. The fraction of sp³-hybridized carbons (Fsp3) is 0.400. The maximum Gasteiger partial charge on any atom is 0.342 e. The van der Waals surface area contributed by atoms with E-state index in [1.807, 2.05) is 37.3 Å². The van der Waals surface area contributed by atoms with Crippen LogP contribution < -0.4 is 9.47 Å². The molecule has 1 aliphatic heterocycles. The molecule has 1 saturated heterocycles. The molecular formula is C35H39N3O5. The number of carboxylic acids is 1. The number of aromatic nitrogens is 3. The Balaban J connectivity index is 1.21. The highest BCUT2D eigenvalue weighted by molar-refractivity contribution is 5.90. The van der Waals surface area contributed by atoms with E-state index in [2.05, 4.69) is 24.2 Å². The monoisotopic (exact) mass is 581 g/mol. The molecule has 6 rings (SSSR count). The van der Waals surface area contributed by atoms with Crippen LogP contribution >= 0.6 is 0 Å². The Bertz CT molecular complexity index is 1620. The van der Waals surface area contributed by atoms with Crippen molar-refractivity contribution in [2.45, 2.75) is 71.5 Å². The van der Waals surface area contributed by atoms with Crippen molar-refractivity contribution < 1.29 is 24.1 Å². The van der Waals surface area contributed by atoms with Crippen LogP contribution in [-0.2, 0) is 24.2 Å². The van der Waals surface area contributed by atoms with Crippen LogP contribution in [0.15, 0.2) is 54.7 Å². The van der Waals surface area contributed by atoms with Gasteiger partial charge in [-0.25, -0.2) is 9.78 Å². The molecule has 224 valence electrons. The fourth-order valence-corrected chi connectivity index (χ4v) is 6.62. The van der Waals surface area contributed by atoms with Crippen LogP contribution in [-0.4, -0.2) is 45.7 Å². The smallest absolute Gasteiger partial charge is 0.342 e. The third-order valence-corrected chi connectivity index (χ3v) is 8.95. The first-order valence-electron chi connectivity index (χ1n) is 15.2. The Morgan fingerprint density at radius 1 is 1.09 bits per heavy atom. The van der Waals surface area contributed by atoms with Gasteiger partial charge in [0.1, 0.15) is 17.9 Å². The van der Waals surface area contributed by atoms with Crippen LogP contribution in [0.4, 0.5) is 0 Å². The van der Waals surface area contributed by atoms with Gasteiger partial charge < -0.3 is 19.3 Å². The predicted octanol–water partition coefficient (Wildman–Crippen LogP) is 6.90. The topological polar surface area (TPSA) is 95.7 Å². The highest BCUT2D eigenvalue weighted by Gasteiger charge is 2.26. The van der Waals surface area contributed by atoms with E-state index in [1.165, 1.54) is 72.3 Å². The number of benzene rings is 2.